The summed E-state index contributed by atoms with van der Waals surface area (Å²) in [6, 6.07) is 11.5. The first kappa shape index (κ1) is 12.9. The van der Waals surface area contributed by atoms with Gasteiger partial charge in [0.15, 0.2) is 0 Å². The summed E-state index contributed by atoms with van der Waals surface area (Å²) in [5, 5.41) is 8.22. The van der Waals surface area contributed by atoms with E-state index in [1.807, 2.05) is 36.4 Å². The highest BCUT2D eigenvalue weighted by molar-refractivity contribution is 5.94. The van der Waals surface area contributed by atoms with E-state index in [9.17, 15) is 4.79 Å². The minimum atomic E-state index is -0.450. The molecule has 5 heteroatoms. The lowest BCUT2D eigenvalue weighted by Crippen LogP contribution is -2.13. The molecular formula is C14H15N3O2. The fraction of sp³-hybridized carbons (Fsp3) is 0.143. The molecule has 2 rings (SSSR count). The number of ether oxygens (including phenoxy) is 1. The van der Waals surface area contributed by atoms with Crippen LogP contribution in [0, 0.1) is 0 Å². The van der Waals surface area contributed by atoms with Crippen LogP contribution in [0.25, 0.3) is 10.8 Å². The molecule has 0 heterocycles. The first-order valence-corrected chi connectivity index (χ1v) is 5.94. The maximum atomic E-state index is 11.3. The lowest BCUT2D eigenvalue weighted by molar-refractivity contribution is 0.168. The van der Waals surface area contributed by atoms with Crippen LogP contribution < -0.4 is 11.2 Å². The maximum absolute atomic E-state index is 11.3. The summed E-state index contributed by atoms with van der Waals surface area (Å²) < 4.78 is 4.83. The van der Waals surface area contributed by atoms with Crippen molar-refractivity contribution in [2.45, 2.75) is 6.92 Å². The monoisotopic (exact) mass is 257 g/mol. The molecule has 0 saturated heterocycles. The second-order valence-corrected chi connectivity index (χ2v) is 3.95. The third-order valence-corrected chi connectivity index (χ3v) is 2.61. The average Bonchev–Trinajstić information content (AvgIpc) is 2.39. The van der Waals surface area contributed by atoms with Crippen molar-refractivity contribution in [3.05, 3.63) is 42.0 Å². The van der Waals surface area contributed by atoms with Gasteiger partial charge in [0.1, 0.15) is 0 Å². The van der Waals surface area contributed by atoms with Crippen molar-refractivity contribution in [3.8, 4) is 0 Å². The van der Waals surface area contributed by atoms with Gasteiger partial charge in [0.05, 0.1) is 12.8 Å². The number of carbonyl (C=O) groups is 1. The topological polar surface area (TPSA) is 76.7 Å². The van der Waals surface area contributed by atoms with Crippen LogP contribution in [0.2, 0.25) is 0 Å². The number of nitrogens with one attached hydrogen (secondary N) is 1. The Balaban J connectivity index is 2.26. The number of hydrogen-bond acceptors (Lipinski definition) is 4. The van der Waals surface area contributed by atoms with Crippen LogP contribution in [0.5, 0.6) is 0 Å². The van der Waals surface area contributed by atoms with E-state index in [1.54, 1.807) is 13.1 Å². The van der Waals surface area contributed by atoms with E-state index < -0.39 is 6.09 Å². The fourth-order valence-electron chi connectivity index (χ4n) is 1.79. The molecule has 0 atom stereocenters. The Hall–Kier alpha value is -2.56. The first-order valence-electron chi connectivity index (χ1n) is 5.94. The molecule has 0 saturated carbocycles. The Morgan fingerprint density at radius 1 is 1.32 bits per heavy atom. The minimum absolute atomic E-state index is 0.348. The highest BCUT2D eigenvalue weighted by Gasteiger charge is 2.03. The number of benzene rings is 2. The summed E-state index contributed by atoms with van der Waals surface area (Å²) in [5.74, 6) is 5.12. The second-order valence-electron chi connectivity index (χ2n) is 3.95. The molecule has 98 valence electrons. The van der Waals surface area contributed by atoms with Crippen molar-refractivity contribution in [3.63, 3.8) is 0 Å². The van der Waals surface area contributed by atoms with Crippen LogP contribution in [0.1, 0.15) is 12.5 Å². The Labute approximate surface area is 111 Å². The molecule has 19 heavy (non-hydrogen) atoms. The summed E-state index contributed by atoms with van der Waals surface area (Å²) in [4.78, 5) is 11.3. The molecule has 1 amide bonds. The van der Waals surface area contributed by atoms with E-state index in [1.165, 1.54) is 0 Å². The van der Waals surface area contributed by atoms with Crippen LogP contribution in [0.15, 0.2) is 41.5 Å². The SMILES string of the molecule is CCOC(=O)Nc1ccc2cc(C=NN)ccc2c1. The summed E-state index contributed by atoms with van der Waals surface area (Å²) in [5.41, 5.74) is 1.63. The summed E-state index contributed by atoms with van der Waals surface area (Å²) in [6.45, 7) is 2.11. The van der Waals surface area contributed by atoms with Gasteiger partial charge in [-0.05, 0) is 41.5 Å². The van der Waals surface area contributed by atoms with Gasteiger partial charge in [0.25, 0.3) is 0 Å². The molecule has 2 aromatic carbocycles. The fourth-order valence-corrected chi connectivity index (χ4v) is 1.79. The van der Waals surface area contributed by atoms with Crippen LogP contribution in [0.3, 0.4) is 0 Å². The quantitative estimate of drug-likeness (QED) is 0.504. The number of anilines is 1. The maximum Gasteiger partial charge on any atom is 0.411 e. The van der Waals surface area contributed by atoms with Crippen molar-refractivity contribution < 1.29 is 9.53 Å². The van der Waals surface area contributed by atoms with Gasteiger partial charge in [-0.1, -0.05) is 18.2 Å². The van der Waals surface area contributed by atoms with Gasteiger partial charge in [0.2, 0.25) is 0 Å². The molecular weight excluding hydrogens is 242 g/mol. The largest absolute Gasteiger partial charge is 0.450 e. The van der Waals surface area contributed by atoms with Gasteiger partial charge in [-0.3, -0.25) is 5.32 Å². The van der Waals surface area contributed by atoms with Gasteiger partial charge in [0, 0.05) is 5.69 Å². The lowest BCUT2D eigenvalue weighted by Gasteiger charge is -2.06. The van der Waals surface area contributed by atoms with E-state index in [0.717, 1.165) is 16.3 Å². The van der Waals surface area contributed by atoms with E-state index in [4.69, 9.17) is 10.6 Å². The molecule has 2 aromatic rings. The number of fused-ring (bicyclic) bond motifs is 1. The van der Waals surface area contributed by atoms with E-state index in [2.05, 4.69) is 10.4 Å². The smallest absolute Gasteiger partial charge is 0.411 e. The van der Waals surface area contributed by atoms with Crippen molar-refractivity contribution in [1.29, 1.82) is 0 Å². The zero-order valence-corrected chi connectivity index (χ0v) is 10.6. The van der Waals surface area contributed by atoms with Gasteiger partial charge in [-0.15, -0.1) is 0 Å². The number of nitrogens with two attached hydrogens (primary N) is 1. The predicted molar refractivity (Wildman–Crippen MR) is 76.4 cm³/mol. The van der Waals surface area contributed by atoms with Crippen molar-refractivity contribution in [1.82, 2.24) is 0 Å². The highest BCUT2D eigenvalue weighted by atomic mass is 16.5. The van der Waals surface area contributed by atoms with Crippen molar-refractivity contribution >= 4 is 28.8 Å². The predicted octanol–water partition coefficient (Wildman–Crippen LogP) is 2.70. The zero-order valence-electron chi connectivity index (χ0n) is 10.6. The molecule has 0 aromatic heterocycles. The molecule has 0 aliphatic rings. The normalized spacial score (nSPS) is 10.8. The molecule has 0 aliphatic heterocycles. The standard InChI is InChI=1S/C14H15N3O2/c1-2-19-14(18)17-13-6-5-11-7-10(9-16-15)3-4-12(11)8-13/h3-9H,2,15H2,1H3,(H,17,18). The third-order valence-electron chi connectivity index (χ3n) is 2.61. The Kier molecular flexibility index (Phi) is 3.97. The molecule has 0 spiro atoms. The lowest BCUT2D eigenvalue weighted by atomic mass is 10.1. The third kappa shape index (κ3) is 3.22. The molecule has 0 unspecified atom stereocenters. The van der Waals surface area contributed by atoms with E-state index >= 15 is 0 Å². The number of amides is 1. The van der Waals surface area contributed by atoms with Gasteiger partial charge in [-0.25, -0.2) is 4.79 Å². The number of hydrogen-bond donors (Lipinski definition) is 2. The Bertz CT molecular complexity index is 623. The molecule has 0 fully saturated rings. The second kappa shape index (κ2) is 5.86. The van der Waals surface area contributed by atoms with Crippen molar-refractivity contribution in [2.75, 3.05) is 11.9 Å². The molecule has 0 radical (unpaired) electrons. The minimum Gasteiger partial charge on any atom is -0.450 e. The Morgan fingerprint density at radius 3 is 2.79 bits per heavy atom. The first-order chi connectivity index (χ1) is 9.22. The van der Waals surface area contributed by atoms with Gasteiger partial charge >= 0.3 is 6.09 Å². The van der Waals surface area contributed by atoms with Crippen LogP contribution >= 0.6 is 0 Å². The van der Waals surface area contributed by atoms with Crippen molar-refractivity contribution in [2.24, 2.45) is 10.9 Å². The molecule has 5 nitrogen and oxygen atoms in total. The summed E-state index contributed by atoms with van der Waals surface area (Å²) in [6.07, 6.45) is 1.14. The summed E-state index contributed by atoms with van der Waals surface area (Å²) >= 11 is 0. The van der Waals surface area contributed by atoms with Crippen LogP contribution in [0.4, 0.5) is 10.5 Å². The number of rotatable bonds is 3. The van der Waals surface area contributed by atoms with Crippen LogP contribution in [-0.2, 0) is 4.74 Å². The van der Waals surface area contributed by atoms with E-state index in [0.29, 0.717) is 12.3 Å². The van der Waals surface area contributed by atoms with Crippen LogP contribution in [-0.4, -0.2) is 18.9 Å². The Morgan fingerprint density at radius 2 is 2.05 bits per heavy atom. The number of nitrogens with zero attached hydrogens (tertiary/aromatic N) is 1. The number of carbonyl (C=O) groups excluding carboxylic acids is 1. The average molecular weight is 257 g/mol. The molecule has 0 aliphatic carbocycles. The molecule has 0 bridgehead atoms. The molecule has 3 N–H and O–H groups in total. The number of hydrazone groups is 1. The van der Waals surface area contributed by atoms with Gasteiger partial charge < -0.3 is 10.6 Å². The highest BCUT2D eigenvalue weighted by Crippen LogP contribution is 2.20. The van der Waals surface area contributed by atoms with Gasteiger partial charge in [-0.2, -0.15) is 5.10 Å². The van der Waals surface area contributed by atoms with E-state index in [-0.39, 0.29) is 0 Å². The zero-order chi connectivity index (χ0) is 13.7. The summed E-state index contributed by atoms with van der Waals surface area (Å²) in [7, 11) is 0.